The van der Waals surface area contributed by atoms with Crippen LogP contribution in [0.4, 0.5) is 0 Å². The van der Waals surface area contributed by atoms with E-state index in [9.17, 15) is 43.2 Å². The zero-order valence-corrected chi connectivity index (χ0v) is 71.0. The molecular formula is C93H148O17P2. The van der Waals surface area contributed by atoms with Gasteiger partial charge in [0.15, 0.2) is 12.2 Å². The van der Waals surface area contributed by atoms with Crippen LogP contribution in [0, 0.1) is 0 Å². The average Bonchev–Trinajstić information content (AvgIpc) is 0.907. The molecule has 3 N–H and O–H groups in total. The highest BCUT2D eigenvalue weighted by atomic mass is 31.2. The molecule has 0 bridgehead atoms. The quantitative estimate of drug-likeness (QED) is 0.0169. The number of allylic oxidation sites excluding steroid dienone is 34. The molecule has 0 aliphatic rings. The maximum Gasteiger partial charge on any atom is 0.472 e. The monoisotopic (exact) mass is 1600 g/mol. The number of phosphoric acid groups is 2. The van der Waals surface area contributed by atoms with Gasteiger partial charge in [-0.1, -0.05) is 305 Å². The fraction of sp³-hybridized carbons (Fsp3) is 0.591. The average molecular weight is 1600 g/mol. The number of ether oxygens (including phenoxy) is 4. The molecule has 0 heterocycles. The Labute approximate surface area is 678 Å². The molecule has 0 radical (unpaired) electrons. The number of aliphatic hydroxyl groups is 1. The molecule has 112 heavy (non-hydrogen) atoms. The molecule has 0 aromatic carbocycles. The van der Waals surface area contributed by atoms with Gasteiger partial charge in [0.1, 0.15) is 19.3 Å². The summed E-state index contributed by atoms with van der Waals surface area (Å²) in [7, 11) is -10.0. The highest BCUT2D eigenvalue weighted by Crippen LogP contribution is 2.45. The first-order valence-corrected chi connectivity index (χ1v) is 45.3. The molecule has 0 saturated carbocycles. The van der Waals surface area contributed by atoms with Crippen molar-refractivity contribution in [1.29, 1.82) is 0 Å². The van der Waals surface area contributed by atoms with Crippen LogP contribution in [0.1, 0.15) is 297 Å². The normalized spacial score (nSPS) is 14.8. The number of hydrogen-bond acceptors (Lipinski definition) is 15. The van der Waals surface area contributed by atoms with Crippen LogP contribution in [-0.4, -0.2) is 96.7 Å². The third-order valence-electron chi connectivity index (χ3n) is 16.7. The van der Waals surface area contributed by atoms with Gasteiger partial charge >= 0.3 is 39.5 Å². The van der Waals surface area contributed by atoms with Crippen LogP contribution in [-0.2, 0) is 65.4 Å². The molecular weight excluding hydrogens is 1450 g/mol. The second kappa shape index (κ2) is 82.6. The van der Waals surface area contributed by atoms with Crippen molar-refractivity contribution in [2.24, 2.45) is 0 Å². The van der Waals surface area contributed by atoms with Crippen LogP contribution in [0.3, 0.4) is 0 Å². The van der Waals surface area contributed by atoms with Crippen molar-refractivity contribution in [3.63, 3.8) is 0 Å². The van der Waals surface area contributed by atoms with E-state index in [0.717, 1.165) is 161 Å². The Morgan fingerprint density at radius 3 is 0.786 bits per heavy atom. The summed E-state index contributed by atoms with van der Waals surface area (Å²) in [5, 5.41) is 10.7. The molecule has 0 rings (SSSR count). The first kappa shape index (κ1) is 106. The van der Waals surface area contributed by atoms with Crippen molar-refractivity contribution >= 4 is 39.5 Å². The smallest absolute Gasteiger partial charge is 0.462 e. The predicted molar refractivity (Wildman–Crippen MR) is 463 cm³/mol. The molecule has 17 nitrogen and oxygen atoms in total. The van der Waals surface area contributed by atoms with E-state index in [1.807, 2.05) is 36.5 Å². The number of rotatable bonds is 77. The third-order valence-corrected chi connectivity index (χ3v) is 18.6. The number of unbranched alkanes of at least 4 members (excludes halogenated alkanes) is 17. The summed E-state index contributed by atoms with van der Waals surface area (Å²) in [5.41, 5.74) is 0. The predicted octanol–water partition coefficient (Wildman–Crippen LogP) is 25.4. The maximum atomic E-state index is 13.1. The van der Waals surface area contributed by atoms with E-state index in [1.165, 1.54) is 44.9 Å². The fourth-order valence-electron chi connectivity index (χ4n) is 10.4. The fourth-order valence-corrected chi connectivity index (χ4v) is 11.9. The molecule has 0 aromatic heterocycles. The molecule has 0 aliphatic heterocycles. The summed E-state index contributed by atoms with van der Waals surface area (Å²) in [6.07, 6.45) is 104. The Kier molecular flexibility index (Phi) is 77.9. The molecule has 5 atom stereocenters. The lowest BCUT2D eigenvalue weighted by Gasteiger charge is -2.21. The van der Waals surface area contributed by atoms with Gasteiger partial charge < -0.3 is 33.8 Å². The maximum absolute atomic E-state index is 13.1. The van der Waals surface area contributed by atoms with E-state index < -0.39 is 97.5 Å². The van der Waals surface area contributed by atoms with Crippen LogP contribution in [0.25, 0.3) is 0 Å². The molecule has 2 unspecified atom stereocenters. The number of aliphatic hydroxyl groups excluding tert-OH is 1. The Bertz CT molecular complexity index is 2940. The van der Waals surface area contributed by atoms with E-state index in [0.29, 0.717) is 38.5 Å². The Morgan fingerprint density at radius 2 is 0.482 bits per heavy atom. The summed E-state index contributed by atoms with van der Waals surface area (Å²) in [6.45, 7) is 4.38. The second-order valence-corrected chi connectivity index (χ2v) is 30.2. The van der Waals surface area contributed by atoms with Crippen molar-refractivity contribution in [2.75, 3.05) is 39.6 Å². The first-order valence-electron chi connectivity index (χ1n) is 42.3. The largest absolute Gasteiger partial charge is 0.472 e. The summed E-state index contributed by atoms with van der Waals surface area (Å²) < 4.78 is 68.6. The summed E-state index contributed by atoms with van der Waals surface area (Å²) in [4.78, 5) is 73.2. The van der Waals surface area contributed by atoms with Crippen molar-refractivity contribution < 1.29 is 80.2 Å². The van der Waals surface area contributed by atoms with Gasteiger partial charge in [-0.25, -0.2) is 9.13 Å². The lowest BCUT2D eigenvalue weighted by atomic mass is 10.1. The van der Waals surface area contributed by atoms with E-state index >= 15 is 0 Å². The number of hydrogen-bond donors (Lipinski definition) is 3. The van der Waals surface area contributed by atoms with E-state index in [1.54, 1.807) is 0 Å². The van der Waals surface area contributed by atoms with Crippen LogP contribution < -0.4 is 0 Å². The van der Waals surface area contributed by atoms with Gasteiger partial charge in [0.25, 0.3) is 0 Å². The Morgan fingerprint density at radius 1 is 0.259 bits per heavy atom. The molecule has 19 heteroatoms. The molecule has 0 aliphatic carbocycles. The minimum absolute atomic E-state index is 0.0391. The van der Waals surface area contributed by atoms with Crippen molar-refractivity contribution in [1.82, 2.24) is 0 Å². The molecule has 0 spiro atoms. The van der Waals surface area contributed by atoms with E-state index in [-0.39, 0.29) is 25.7 Å². The van der Waals surface area contributed by atoms with Gasteiger partial charge in [-0.05, 0) is 173 Å². The van der Waals surface area contributed by atoms with E-state index in [4.69, 9.17) is 37.0 Å². The lowest BCUT2D eigenvalue weighted by Crippen LogP contribution is -2.30. The first-order chi connectivity index (χ1) is 54.7. The standard InChI is InChI=1S/C93H148O17P2/c1-5-9-13-17-21-25-29-33-37-40-43-46-50-54-58-62-66-70-74-78-91(96)104-84-89(110-93(98)80-76-72-68-64-60-56-52-48-45-42-39-35-31-27-23-19-15-11-7-3)86-108-112(101,102)106-82-87(94)81-105-111(99,100)107-85-88(83-103-90(95)77-73-69-65-61-57-53-49-36-32-28-24-20-16-12-8-4)109-92(97)79-75-71-67-63-59-55-51-47-44-41-38-34-30-26-22-18-14-10-6-2/h9,11,13,15,21-23,25-28,32-35,37-39,43-48,54-56,58-60,67-68,71-72,87-89,94H,5-8,10,12,14,16-20,24,29-31,36,40-42,49-53,57,61-66,69-70,73-86H2,1-4H3,(H,99,100)(H,101,102)/b13-9-,15-11-,25-21-,26-22-,27-23-,32-28-,37-33-,38-34-,39-35-,46-43-,47-44-,48-45-,58-54-,59-55-,60-56-,71-67-,72-68-/t87-,88+,89+/m0/s1. The Hall–Kier alpha value is -6.36. The molecule has 0 aromatic rings. The molecule has 0 fully saturated rings. The number of carbonyl (C=O) groups excluding carboxylic acids is 4. The highest BCUT2D eigenvalue weighted by molar-refractivity contribution is 7.47. The van der Waals surface area contributed by atoms with Crippen molar-refractivity contribution in [2.45, 2.75) is 316 Å². The van der Waals surface area contributed by atoms with Crippen LogP contribution in [0.15, 0.2) is 207 Å². The minimum Gasteiger partial charge on any atom is -0.462 e. The zero-order valence-electron chi connectivity index (χ0n) is 69.3. The molecule has 0 amide bonds. The zero-order chi connectivity index (χ0) is 81.7. The third kappa shape index (κ3) is 81.6. The summed E-state index contributed by atoms with van der Waals surface area (Å²) in [5.74, 6) is -2.43. The molecule has 632 valence electrons. The van der Waals surface area contributed by atoms with Crippen molar-refractivity contribution in [3.8, 4) is 0 Å². The van der Waals surface area contributed by atoms with Gasteiger partial charge in [0.05, 0.1) is 26.4 Å². The number of esters is 4. The topological polar surface area (TPSA) is 237 Å². The van der Waals surface area contributed by atoms with Crippen LogP contribution >= 0.6 is 15.6 Å². The van der Waals surface area contributed by atoms with Gasteiger partial charge in [0.2, 0.25) is 0 Å². The second-order valence-electron chi connectivity index (χ2n) is 27.3. The molecule has 0 saturated heterocycles. The SMILES string of the molecule is CC/C=C\C/C=C\C/C=C\C/C=C\C/C=C\C/C=C\CCC(=O)O[C@H](COC(=O)CCCCC/C=C\C/C=C\C/C=C\C/C=C\C/C=C\CC)COP(=O)(O)OC[C@@H](O)COP(=O)(O)OC[C@@H](COC(=O)CCCCCCCCC/C=C\CCCCCC)OC(=O)CC/C=C\C/C=C\C/C=C\C/C=C\C/C=C\CCCCC. The Balaban J connectivity index is 5.58. The number of phosphoric ester groups is 2. The summed E-state index contributed by atoms with van der Waals surface area (Å²) >= 11 is 0. The number of carbonyl (C=O) groups is 4. The van der Waals surface area contributed by atoms with Crippen LogP contribution in [0.2, 0.25) is 0 Å². The minimum atomic E-state index is -5.03. The van der Waals surface area contributed by atoms with Gasteiger partial charge in [-0.15, -0.1) is 0 Å². The van der Waals surface area contributed by atoms with Crippen LogP contribution in [0.5, 0.6) is 0 Å². The summed E-state index contributed by atoms with van der Waals surface area (Å²) in [6, 6.07) is 0. The highest BCUT2D eigenvalue weighted by Gasteiger charge is 2.30. The lowest BCUT2D eigenvalue weighted by molar-refractivity contribution is -0.161. The van der Waals surface area contributed by atoms with Gasteiger partial charge in [-0.2, -0.15) is 0 Å². The van der Waals surface area contributed by atoms with Gasteiger partial charge in [-0.3, -0.25) is 37.3 Å². The van der Waals surface area contributed by atoms with Crippen molar-refractivity contribution in [3.05, 3.63) is 207 Å². The van der Waals surface area contributed by atoms with E-state index in [2.05, 4.69) is 198 Å². The van der Waals surface area contributed by atoms with Gasteiger partial charge in [0, 0.05) is 25.7 Å².